The monoisotopic (exact) mass is 118 g/mol. The van der Waals surface area contributed by atoms with Crippen LogP contribution in [0.25, 0.3) is 0 Å². The number of hydrogen-bond donors (Lipinski definition) is 1. The van der Waals surface area contributed by atoms with Gasteiger partial charge in [0.15, 0.2) is 0 Å². The highest BCUT2D eigenvalue weighted by Crippen LogP contribution is 1.79. The molecule has 0 atom stereocenters. The zero-order valence-corrected chi connectivity index (χ0v) is 6.68. The predicted molar refractivity (Wildman–Crippen MR) is 35.7 cm³/mol. The molecule has 0 aromatic rings. The SMILES string of the molecule is CNN(C)[SiH](C)C. The van der Waals surface area contributed by atoms with E-state index >= 15 is 0 Å². The molecule has 0 saturated heterocycles. The number of nitrogens with zero attached hydrogens (tertiary/aromatic N) is 1. The zero-order valence-electron chi connectivity index (χ0n) is 5.52. The normalized spacial score (nSPS) is 11.1. The zero-order chi connectivity index (χ0) is 5.86. The van der Waals surface area contributed by atoms with Gasteiger partial charge in [-0.15, -0.1) is 0 Å². The van der Waals surface area contributed by atoms with E-state index < -0.39 is 8.96 Å². The molecule has 3 heteroatoms. The maximum atomic E-state index is 3.06. The summed E-state index contributed by atoms with van der Waals surface area (Å²) < 4.78 is 2.18. The highest BCUT2D eigenvalue weighted by molar-refractivity contribution is 6.52. The van der Waals surface area contributed by atoms with Crippen molar-refractivity contribution in [3.63, 3.8) is 0 Å². The Bertz CT molecular complexity index is 47.0. The van der Waals surface area contributed by atoms with Crippen molar-refractivity contribution < 1.29 is 0 Å². The van der Waals surface area contributed by atoms with Crippen LogP contribution in [-0.2, 0) is 0 Å². The van der Waals surface area contributed by atoms with Crippen LogP contribution in [0.4, 0.5) is 0 Å². The predicted octanol–water partition coefficient (Wildman–Crippen LogP) is 0.0360. The molecule has 2 nitrogen and oxygen atoms in total. The Morgan fingerprint density at radius 2 is 1.86 bits per heavy atom. The molecule has 0 unspecified atom stereocenters. The number of hydrogen-bond acceptors (Lipinski definition) is 2. The van der Waals surface area contributed by atoms with Crippen LogP contribution in [0.1, 0.15) is 0 Å². The van der Waals surface area contributed by atoms with Gasteiger partial charge in [0, 0.05) is 0 Å². The summed E-state index contributed by atoms with van der Waals surface area (Å²) in [5.74, 6) is 0. The average molecular weight is 118 g/mol. The number of hydrazine groups is 1. The molecule has 7 heavy (non-hydrogen) atoms. The van der Waals surface area contributed by atoms with Gasteiger partial charge in [-0.1, -0.05) is 13.1 Å². The van der Waals surface area contributed by atoms with Crippen LogP contribution in [0.2, 0.25) is 13.1 Å². The van der Waals surface area contributed by atoms with Crippen molar-refractivity contribution in [1.82, 2.24) is 10.1 Å². The molecule has 0 saturated carbocycles. The van der Waals surface area contributed by atoms with Gasteiger partial charge in [-0.3, -0.25) is 10.1 Å². The van der Waals surface area contributed by atoms with E-state index in [1.165, 1.54) is 0 Å². The molecular formula is C4H14N2Si. The van der Waals surface area contributed by atoms with Gasteiger partial charge in [0.2, 0.25) is 0 Å². The maximum Gasteiger partial charge on any atom is 0.123 e. The van der Waals surface area contributed by atoms with Gasteiger partial charge in [0.05, 0.1) is 0 Å². The molecular weight excluding hydrogens is 104 g/mol. The second-order valence-electron chi connectivity index (χ2n) is 1.93. The smallest absolute Gasteiger partial charge is 0.123 e. The van der Waals surface area contributed by atoms with Gasteiger partial charge in [-0.2, -0.15) is 0 Å². The molecule has 0 heterocycles. The molecule has 0 rings (SSSR count). The Labute approximate surface area is 47.2 Å². The third kappa shape index (κ3) is 2.79. The van der Waals surface area contributed by atoms with Gasteiger partial charge in [0.1, 0.15) is 8.96 Å². The molecule has 0 aliphatic rings. The van der Waals surface area contributed by atoms with Gasteiger partial charge in [-0.05, 0) is 14.1 Å². The number of nitrogens with one attached hydrogen (secondary N) is 1. The van der Waals surface area contributed by atoms with Crippen LogP contribution < -0.4 is 5.43 Å². The number of rotatable bonds is 2. The molecule has 0 bridgehead atoms. The molecule has 0 aromatic carbocycles. The molecule has 0 fully saturated rings. The van der Waals surface area contributed by atoms with Crippen molar-refractivity contribution in [3.8, 4) is 0 Å². The Kier molecular flexibility index (Phi) is 3.24. The first-order valence-electron chi connectivity index (χ1n) is 2.58. The third-order valence-corrected chi connectivity index (χ3v) is 2.93. The highest BCUT2D eigenvalue weighted by Gasteiger charge is 1.97. The summed E-state index contributed by atoms with van der Waals surface area (Å²) in [4.78, 5) is 0. The summed E-state index contributed by atoms with van der Waals surface area (Å²) in [6, 6.07) is 0. The fraction of sp³-hybridized carbons (Fsp3) is 1.00. The second-order valence-corrected chi connectivity index (χ2v) is 4.89. The van der Waals surface area contributed by atoms with Gasteiger partial charge < -0.3 is 0 Å². The van der Waals surface area contributed by atoms with E-state index in [0.29, 0.717) is 0 Å². The molecule has 1 N–H and O–H groups in total. The Balaban J connectivity index is 3.14. The van der Waals surface area contributed by atoms with Crippen LogP contribution in [0, 0.1) is 0 Å². The first-order valence-corrected chi connectivity index (χ1v) is 5.41. The van der Waals surface area contributed by atoms with Crippen LogP contribution in [0.3, 0.4) is 0 Å². The average Bonchev–Trinajstić information content (AvgIpc) is 1.65. The molecule has 0 aliphatic heterocycles. The fourth-order valence-corrected chi connectivity index (χ4v) is 0.775. The molecule has 44 valence electrons. The van der Waals surface area contributed by atoms with Crippen molar-refractivity contribution in [3.05, 3.63) is 0 Å². The van der Waals surface area contributed by atoms with E-state index in [0.717, 1.165) is 0 Å². The van der Waals surface area contributed by atoms with Gasteiger partial charge >= 0.3 is 0 Å². The molecule has 0 spiro atoms. The lowest BCUT2D eigenvalue weighted by atomic mass is 11.4. The Morgan fingerprint density at radius 1 is 1.43 bits per heavy atom. The summed E-state index contributed by atoms with van der Waals surface area (Å²) in [7, 11) is 3.49. The van der Waals surface area contributed by atoms with Crippen LogP contribution in [0.5, 0.6) is 0 Å². The van der Waals surface area contributed by atoms with Crippen molar-refractivity contribution in [2.24, 2.45) is 0 Å². The van der Waals surface area contributed by atoms with E-state index in [1.54, 1.807) is 0 Å². The lowest BCUT2D eigenvalue weighted by molar-refractivity contribution is 0.426. The Hall–Kier alpha value is 0.137. The van der Waals surface area contributed by atoms with Crippen molar-refractivity contribution >= 4 is 8.96 Å². The first-order chi connectivity index (χ1) is 3.18. The summed E-state index contributed by atoms with van der Waals surface area (Å²) in [5, 5.41) is 0. The summed E-state index contributed by atoms with van der Waals surface area (Å²) in [6.45, 7) is 4.55. The molecule has 0 amide bonds. The minimum absolute atomic E-state index is 0.542. The van der Waals surface area contributed by atoms with Crippen LogP contribution in [0.15, 0.2) is 0 Å². The lowest BCUT2D eigenvalue weighted by Crippen LogP contribution is -2.39. The molecule has 0 radical (unpaired) electrons. The highest BCUT2D eigenvalue weighted by atomic mass is 28.3. The summed E-state index contributed by atoms with van der Waals surface area (Å²) >= 11 is 0. The topological polar surface area (TPSA) is 15.3 Å². The quantitative estimate of drug-likeness (QED) is 0.407. The van der Waals surface area contributed by atoms with E-state index in [-0.39, 0.29) is 0 Å². The maximum absolute atomic E-state index is 3.06. The molecule has 0 aliphatic carbocycles. The van der Waals surface area contributed by atoms with Crippen molar-refractivity contribution in [2.45, 2.75) is 13.1 Å². The Morgan fingerprint density at radius 3 is 1.86 bits per heavy atom. The fourth-order valence-electron chi connectivity index (χ4n) is 0.258. The second kappa shape index (κ2) is 3.18. The van der Waals surface area contributed by atoms with E-state index in [1.807, 2.05) is 7.05 Å². The minimum atomic E-state index is -0.542. The van der Waals surface area contributed by atoms with Crippen molar-refractivity contribution in [2.75, 3.05) is 14.1 Å². The van der Waals surface area contributed by atoms with Gasteiger partial charge in [-0.25, -0.2) is 0 Å². The van der Waals surface area contributed by atoms with E-state index in [2.05, 4.69) is 30.2 Å². The third-order valence-electron chi connectivity index (χ3n) is 1.13. The molecule has 0 aromatic heterocycles. The van der Waals surface area contributed by atoms with Crippen LogP contribution in [-0.4, -0.2) is 27.7 Å². The lowest BCUT2D eigenvalue weighted by Gasteiger charge is -2.17. The van der Waals surface area contributed by atoms with E-state index in [4.69, 9.17) is 0 Å². The largest absolute Gasteiger partial charge is 0.273 e. The van der Waals surface area contributed by atoms with Crippen molar-refractivity contribution in [1.29, 1.82) is 0 Å². The minimum Gasteiger partial charge on any atom is -0.273 e. The summed E-state index contributed by atoms with van der Waals surface area (Å²) in [6.07, 6.45) is 0. The van der Waals surface area contributed by atoms with Gasteiger partial charge in [0.25, 0.3) is 0 Å². The van der Waals surface area contributed by atoms with E-state index in [9.17, 15) is 0 Å². The summed E-state index contributed by atoms with van der Waals surface area (Å²) in [5.41, 5.74) is 3.06. The standard InChI is InChI=1S/C4H14N2Si/c1-5-6(2)7(3)4/h5,7H,1-4H3. The first kappa shape index (κ1) is 7.14. The van der Waals surface area contributed by atoms with Crippen LogP contribution >= 0.6 is 0 Å².